The number of nitrogens with one attached hydrogen (secondary N) is 1. The Morgan fingerprint density at radius 2 is 1.69 bits per heavy atom. The highest BCUT2D eigenvalue weighted by Crippen LogP contribution is 2.28. The van der Waals surface area contributed by atoms with Crippen molar-refractivity contribution in [1.82, 2.24) is 10.3 Å². The van der Waals surface area contributed by atoms with Crippen LogP contribution in [-0.2, 0) is 19.7 Å². The Bertz CT molecular complexity index is 852. The Morgan fingerprint density at radius 3 is 2.42 bits per heavy atom. The molecule has 0 radical (unpaired) electrons. The molecule has 3 nitrogen and oxygen atoms in total. The largest absolute Gasteiger partial charge is 0.488 e. The quantitative estimate of drug-likeness (QED) is 0.528. The summed E-state index contributed by atoms with van der Waals surface area (Å²) in [4.78, 5) is 4.30. The molecule has 1 aromatic heterocycles. The van der Waals surface area contributed by atoms with E-state index in [0.717, 1.165) is 22.6 Å². The minimum absolute atomic E-state index is 0.285. The van der Waals surface area contributed by atoms with Gasteiger partial charge in [0.25, 0.3) is 0 Å². The van der Waals surface area contributed by atoms with E-state index in [-0.39, 0.29) is 6.61 Å². The van der Waals surface area contributed by atoms with E-state index in [2.05, 4.69) is 10.3 Å². The van der Waals surface area contributed by atoms with E-state index in [0.29, 0.717) is 28.2 Å². The van der Waals surface area contributed by atoms with Crippen LogP contribution in [0.25, 0.3) is 0 Å². The molecule has 0 saturated heterocycles. The monoisotopic (exact) mass is 406 g/mol. The SMILES string of the molecule is Clc1ccc(OCc2c(Cl)cccc2Cl)c(CNCc2ccccn2)c1. The molecule has 3 rings (SSSR count). The summed E-state index contributed by atoms with van der Waals surface area (Å²) >= 11 is 18.6. The van der Waals surface area contributed by atoms with E-state index < -0.39 is 0 Å². The topological polar surface area (TPSA) is 34.1 Å². The summed E-state index contributed by atoms with van der Waals surface area (Å²) in [6, 6.07) is 16.8. The smallest absolute Gasteiger partial charge is 0.124 e. The summed E-state index contributed by atoms with van der Waals surface area (Å²) in [5, 5.41) is 5.18. The predicted octanol–water partition coefficient (Wildman–Crippen LogP) is 5.91. The van der Waals surface area contributed by atoms with Gasteiger partial charge in [-0.15, -0.1) is 0 Å². The van der Waals surface area contributed by atoms with Crippen LogP contribution in [0.2, 0.25) is 15.1 Å². The number of pyridine rings is 1. The van der Waals surface area contributed by atoms with Crippen LogP contribution in [0.3, 0.4) is 0 Å². The van der Waals surface area contributed by atoms with Crippen molar-refractivity contribution in [3.8, 4) is 5.75 Å². The fraction of sp³-hybridized carbons (Fsp3) is 0.150. The molecule has 0 aliphatic carbocycles. The molecule has 2 aromatic carbocycles. The molecule has 0 amide bonds. The summed E-state index contributed by atoms with van der Waals surface area (Å²) in [6.45, 7) is 1.54. The van der Waals surface area contributed by atoms with E-state index in [1.54, 1.807) is 24.4 Å². The number of ether oxygens (including phenoxy) is 1. The summed E-state index contributed by atoms with van der Waals surface area (Å²) < 4.78 is 5.96. The number of aromatic nitrogens is 1. The second-order valence-electron chi connectivity index (χ2n) is 5.67. The average Bonchev–Trinajstić information content (AvgIpc) is 2.64. The van der Waals surface area contributed by atoms with Crippen molar-refractivity contribution < 1.29 is 4.74 Å². The zero-order chi connectivity index (χ0) is 18.4. The predicted molar refractivity (Wildman–Crippen MR) is 107 cm³/mol. The lowest BCUT2D eigenvalue weighted by Crippen LogP contribution is -2.14. The molecule has 0 saturated carbocycles. The number of hydrogen-bond donors (Lipinski definition) is 1. The molecule has 0 aliphatic heterocycles. The van der Waals surface area contributed by atoms with Crippen LogP contribution in [0.5, 0.6) is 5.75 Å². The number of hydrogen-bond acceptors (Lipinski definition) is 3. The third-order valence-electron chi connectivity index (χ3n) is 3.80. The highest BCUT2D eigenvalue weighted by atomic mass is 35.5. The number of halogens is 3. The Morgan fingerprint density at radius 1 is 0.885 bits per heavy atom. The fourth-order valence-electron chi connectivity index (χ4n) is 2.48. The summed E-state index contributed by atoms with van der Waals surface area (Å²) in [6.07, 6.45) is 1.78. The lowest BCUT2D eigenvalue weighted by molar-refractivity contribution is 0.302. The van der Waals surface area contributed by atoms with Gasteiger partial charge < -0.3 is 10.1 Å². The van der Waals surface area contributed by atoms with Gasteiger partial charge in [0.15, 0.2) is 0 Å². The summed E-state index contributed by atoms with van der Waals surface area (Å²) in [5.74, 6) is 0.735. The Hall–Kier alpha value is -1.78. The van der Waals surface area contributed by atoms with Gasteiger partial charge in [-0.25, -0.2) is 0 Å². The molecule has 6 heteroatoms. The second kappa shape index (κ2) is 9.24. The zero-order valence-corrected chi connectivity index (χ0v) is 16.2. The molecule has 0 spiro atoms. The maximum Gasteiger partial charge on any atom is 0.124 e. The van der Waals surface area contributed by atoms with Crippen LogP contribution in [-0.4, -0.2) is 4.98 Å². The molecule has 0 aliphatic rings. The van der Waals surface area contributed by atoms with Gasteiger partial charge >= 0.3 is 0 Å². The van der Waals surface area contributed by atoms with Crippen molar-refractivity contribution in [3.63, 3.8) is 0 Å². The molecular weight excluding hydrogens is 391 g/mol. The number of nitrogens with zero attached hydrogens (tertiary/aromatic N) is 1. The zero-order valence-electron chi connectivity index (χ0n) is 13.9. The molecule has 1 heterocycles. The van der Waals surface area contributed by atoms with Crippen molar-refractivity contribution >= 4 is 34.8 Å². The van der Waals surface area contributed by atoms with Crippen LogP contribution in [0.15, 0.2) is 60.8 Å². The summed E-state index contributed by atoms with van der Waals surface area (Å²) in [5.41, 5.74) is 2.69. The van der Waals surface area contributed by atoms with E-state index in [1.807, 2.05) is 36.4 Å². The van der Waals surface area contributed by atoms with Gasteiger partial charge in [0.1, 0.15) is 12.4 Å². The first-order valence-corrected chi connectivity index (χ1v) is 9.21. The van der Waals surface area contributed by atoms with E-state index >= 15 is 0 Å². The van der Waals surface area contributed by atoms with Crippen LogP contribution in [0.1, 0.15) is 16.8 Å². The Balaban J connectivity index is 1.67. The van der Waals surface area contributed by atoms with Gasteiger partial charge in [0, 0.05) is 45.5 Å². The second-order valence-corrected chi connectivity index (χ2v) is 6.92. The van der Waals surface area contributed by atoms with Crippen LogP contribution in [0.4, 0.5) is 0 Å². The average molecular weight is 408 g/mol. The molecule has 0 unspecified atom stereocenters. The minimum Gasteiger partial charge on any atom is -0.488 e. The highest BCUT2D eigenvalue weighted by molar-refractivity contribution is 6.36. The molecular formula is C20H17Cl3N2O. The lowest BCUT2D eigenvalue weighted by Gasteiger charge is -2.14. The molecule has 1 N–H and O–H groups in total. The molecule has 0 atom stereocenters. The molecule has 0 fully saturated rings. The molecule has 134 valence electrons. The third kappa shape index (κ3) is 5.12. The Kier molecular flexibility index (Phi) is 6.75. The number of benzene rings is 2. The van der Waals surface area contributed by atoms with Crippen molar-refractivity contribution in [3.05, 3.63) is 92.7 Å². The van der Waals surface area contributed by atoms with Crippen LogP contribution >= 0.6 is 34.8 Å². The van der Waals surface area contributed by atoms with Crippen LogP contribution in [0, 0.1) is 0 Å². The van der Waals surface area contributed by atoms with Crippen LogP contribution < -0.4 is 10.1 Å². The standard InChI is InChI=1S/C20H17Cl3N2O/c21-15-7-8-20(26-13-17-18(22)5-3-6-19(17)23)14(10-15)11-24-12-16-4-1-2-9-25-16/h1-10,24H,11-13H2. The molecule has 0 bridgehead atoms. The lowest BCUT2D eigenvalue weighted by atomic mass is 10.2. The first-order valence-electron chi connectivity index (χ1n) is 8.08. The van der Waals surface area contributed by atoms with Gasteiger partial charge in [-0.1, -0.05) is 46.9 Å². The van der Waals surface area contributed by atoms with Crippen molar-refractivity contribution in [2.45, 2.75) is 19.7 Å². The summed E-state index contributed by atoms with van der Waals surface area (Å²) in [7, 11) is 0. The van der Waals surface area contributed by atoms with Gasteiger partial charge in [-0.05, 0) is 42.5 Å². The van der Waals surface area contributed by atoms with E-state index in [4.69, 9.17) is 39.5 Å². The minimum atomic E-state index is 0.285. The van der Waals surface area contributed by atoms with Gasteiger partial charge in [0.05, 0.1) is 5.69 Å². The van der Waals surface area contributed by atoms with Crippen molar-refractivity contribution in [2.75, 3.05) is 0 Å². The van der Waals surface area contributed by atoms with Crippen molar-refractivity contribution in [2.24, 2.45) is 0 Å². The highest BCUT2D eigenvalue weighted by Gasteiger charge is 2.09. The third-order valence-corrected chi connectivity index (χ3v) is 4.75. The van der Waals surface area contributed by atoms with E-state index in [9.17, 15) is 0 Å². The number of rotatable bonds is 7. The normalized spacial score (nSPS) is 10.7. The molecule has 3 aromatic rings. The first-order chi connectivity index (χ1) is 12.6. The maximum atomic E-state index is 6.21. The Labute approximate surface area is 167 Å². The molecule has 26 heavy (non-hydrogen) atoms. The van der Waals surface area contributed by atoms with Gasteiger partial charge in [-0.3, -0.25) is 4.98 Å². The van der Waals surface area contributed by atoms with Crippen molar-refractivity contribution in [1.29, 1.82) is 0 Å². The maximum absolute atomic E-state index is 6.21. The van der Waals surface area contributed by atoms with Gasteiger partial charge in [-0.2, -0.15) is 0 Å². The van der Waals surface area contributed by atoms with Gasteiger partial charge in [0.2, 0.25) is 0 Å². The van der Waals surface area contributed by atoms with E-state index in [1.165, 1.54) is 0 Å². The fourth-order valence-corrected chi connectivity index (χ4v) is 3.18. The first kappa shape index (κ1) is 19.0.